The minimum absolute atomic E-state index is 0.0623. The van der Waals surface area contributed by atoms with E-state index in [4.69, 9.17) is 16.3 Å². The molecule has 1 rings (SSSR count). The number of anilines is 1. The van der Waals surface area contributed by atoms with Gasteiger partial charge in [0.25, 0.3) is 0 Å². The van der Waals surface area contributed by atoms with Gasteiger partial charge in [0, 0.05) is 11.8 Å². The van der Waals surface area contributed by atoms with Crippen LogP contribution in [0.15, 0.2) is 18.2 Å². The van der Waals surface area contributed by atoms with Crippen LogP contribution in [0, 0.1) is 0 Å². The predicted octanol–water partition coefficient (Wildman–Crippen LogP) is 2.14. The molecule has 0 aliphatic carbocycles. The van der Waals surface area contributed by atoms with Gasteiger partial charge in [0.15, 0.2) is 0 Å². The third-order valence-corrected chi connectivity index (χ3v) is 2.30. The average Bonchev–Trinajstić information content (AvgIpc) is 2.36. The van der Waals surface area contributed by atoms with E-state index in [0.29, 0.717) is 18.7 Å². The molecule has 6 heteroatoms. The van der Waals surface area contributed by atoms with Crippen molar-refractivity contribution in [2.24, 2.45) is 0 Å². The van der Waals surface area contributed by atoms with Crippen molar-refractivity contribution in [3.05, 3.63) is 23.8 Å². The van der Waals surface area contributed by atoms with Gasteiger partial charge in [0.1, 0.15) is 17.2 Å². The summed E-state index contributed by atoms with van der Waals surface area (Å²) in [5.41, 5.74) is 0.428. The number of benzene rings is 1. The van der Waals surface area contributed by atoms with E-state index in [1.807, 2.05) is 6.92 Å². The normalized spacial score (nSPS) is 9.89. The number of carbonyl (C=O) groups is 2. The molecular formula is C12H14ClNO4. The van der Waals surface area contributed by atoms with Gasteiger partial charge in [-0.1, -0.05) is 6.92 Å². The van der Waals surface area contributed by atoms with Gasteiger partial charge in [-0.25, -0.2) is 4.79 Å². The molecule has 0 fully saturated rings. The number of hydrogen-bond acceptors (Lipinski definition) is 4. The summed E-state index contributed by atoms with van der Waals surface area (Å²) in [5, 5.41) is 12.1. The van der Waals surface area contributed by atoms with Crippen molar-refractivity contribution >= 4 is 29.2 Å². The lowest BCUT2D eigenvalue weighted by Crippen LogP contribution is -2.13. The Morgan fingerprint density at radius 2 is 2.17 bits per heavy atom. The molecule has 1 aromatic rings. The van der Waals surface area contributed by atoms with Crippen molar-refractivity contribution in [2.45, 2.75) is 13.3 Å². The van der Waals surface area contributed by atoms with E-state index >= 15 is 0 Å². The van der Waals surface area contributed by atoms with Crippen LogP contribution in [0.2, 0.25) is 0 Å². The number of phenols is 1. The van der Waals surface area contributed by atoms with Crippen molar-refractivity contribution in [3.63, 3.8) is 0 Å². The highest BCUT2D eigenvalue weighted by molar-refractivity contribution is 6.29. The molecule has 2 N–H and O–H groups in total. The fourth-order valence-electron chi connectivity index (χ4n) is 1.25. The smallest absolute Gasteiger partial charge is 0.341 e. The number of halogens is 1. The third kappa shape index (κ3) is 3.92. The molecule has 18 heavy (non-hydrogen) atoms. The minimum atomic E-state index is -0.593. The van der Waals surface area contributed by atoms with E-state index in [1.54, 1.807) is 0 Å². The second kappa shape index (κ2) is 6.86. The molecule has 0 bridgehead atoms. The van der Waals surface area contributed by atoms with Crippen molar-refractivity contribution in [2.75, 3.05) is 17.8 Å². The topological polar surface area (TPSA) is 75.6 Å². The van der Waals surface area contributed by atoms with Crippen LogP contribution in [0.1, 0.15) is 23.7 Å². The highest BCUT2D eigenvalue weighted by Gasteiger charge is 2.13. The van der Waals surface area contributed by atoms with Crippen LogP contribution in [0.25, 0.3) is 0 Å². The fraction of sp³-hybridized carbons (Fsp3) is 0.333. The molecule has 0 radical (unpaired) electrons. The number of alkyl halides is 1. The first-order chi connectivity index (χ1) is 8.58. The molecule has 0 saturated carbocycles. The first-order valence-corrected chi connectivity index (χ1v) is 5.98. The molecule has 1 aromatic carbocycles. The lowest BCUT2D eigenvalue weighted by Gasteiger charge is -2.08. The molecule has 0 aliphatic rings. The van der Waals surface area contributed by atoms with Crippen molar-refractivity contribution in [1.82, 2.24) is 0 Å². The number of carbonyl (C=O) groups excluding carboxylic acids is 2. The maximum Gasteiger partial charge on any atom is 0.341 e. The monoisotopic (exact) mass is 271 g/mol. The first kappa shape index (κ1) is 14.3. The van der Waals surface area contributed by atoms with Crippen LogP contribution in [-0.4, -0.2) is 29.5 Å². The summed E-state index contributed by atoms with van der Waals surface area (Å²) in [6, 6.07) is 4.15. The molecule has 98 valence electrons. The largest absolute Gasteiger partial charge is 0.507 e. The average molecular weight is 272 g/mol. The summed E-state index contributed by atoms with van der Waals surface area (Å²) < 4.78 is 4.89. The Morgan fingerprint density at radius 3 is 2.72 bits per heavy atom. The van der Waals surface area contributed by atoms with Gasteiger partial charge in [0.05, 0.1) is 6.61 Å². The highest BCUT2D eigenvalue weighted by atomic mass is 35.5. The van der Waals surface area contributed by atoms with Gasteiger partial charge in [-0.15, -0.1) is 11.6 Å². The van der Waals surface area contributed by atoms with Gasteiger partial charge >= 0.3 is 5.97 Å². The van der Waals surface area contributed by atoms with Gasteiger partial charge < -0.3 is 15.2 Å². The maximum absolute atomic E-state index is 11.5. The third-order valence-electron chi connectivity index (χ3n) is 2.06. The molecule has 0 atom stereocenters. The van der Waals surface area contributed by atoms with Crippen LogP contribution < -0.4 is 5.32 Å². The molecule has 1 amide bonds. The Labute approximate surface area is 110 Å². The molecule has 0 aromatic heterocycles. The molecule has 0 spiro atoms. The molecule has 0 heterocycles. The van der Waals surface area contributed by atoms with Crippen LogP contribution in [-0.2, 0) is 9.53 Å². The van der Waals surface area contributed by atoms with Crippen molar-refractivity contribution in [1.29, 1.82) is 0 Å². The van der Waals surface area contributed by atoms with E-state index in [2.05, 4.69) is 5.32 Å². The summed E-state index contributed by atoms with van der Waals surface area (Å²) in [6.07, 6.45) is 0.705. The second-order valence-corrected chi connectivity index (χ2v) is 3.82. The molecular weight excluding hydrogens is 258 g/mol. The predicted molar refractivity (Wildman–Crippen MR) is 68.0 cm³/mol. The lowest BCUT2D eigenvalue weighted by atomic mass is 10.2. The Morgan fingerprint density at radius 1 is 1.44 bits per heavy atom. The number of rotatable bonds is 5. The summed E-state index contributed by atoms with van der Waals surface area (Å²) >= 11 is 5.33. The van der Waals surface area contributed by atoms with Gasteiger partial charge in [-0.3, -0.25) is 4.79 Å². The number of nitrogens with one attached hydrogen (secondary N) is 1. The summed E-state index contributed by atoms with van der Waals surface area (Å²) in [4.78, 5) is 22.6. The van der Waals surface area contributed by atoms with Gasteiger partial charge in [-0.2, -0.15) is 0 Å². The standard InChI is InChI=1S/C12H14ClNO4/c1-2-5-18-12(17)9-4-3-8(6-10(9)15)14-11(16)7-13/h3-4,6,15H,2,5,7H2,1H3,(H,14,16). The maximum atomic E-state index is 11.5. The zero-order valence-corrected chi connectivity index (χ0v) is 10.7. The quantitative estimate of drug-likeness (QED) is 0.635. The minimum Gasteiger partial charge on any atom is -0.507 e. The SMILES string of the molecule is CCCOC(=O)c1ccc(NC(=O)CCl)cc1O. The lowest BCUT2D eigenvalue weighted by molar-refractivity contribution is -0.113. The number of aromatic hydroxyl groups is 1. The Balaban J connectivity index is 2.79. The summed E-state index contributed by atoms with van der Waals surface area (Å²) in [5.74, 6) is -1.41. The van der Waals surface area contributed by atoms with Gasteiger partial charge in [-0.05, 0) is 18.6 Å². The highest BCUT2D eigenvalue weighted by Crippen LogP contribution is 2.22. The van der Waals surface area contributed by atoms with E-state index < -0.39 is 11.9 Å². The van der Waals surface area contributed by atoms with Crippen LogP contribution in [0.5, 0.6) is 5.75 Å². The number of phenolic OH excluding ortho intramolecular Hbond substituents is 1. The molecule has 0 saturated heterocycles. The molecule has 0 unspecified atom stereocenters. The van der Waals surface area contributed by atoms with Crippen molar-refractivity contribution < 1.29 is 19.4 Å². The fourth-order valence-corrected chi connectivity index (χ4v) is 1.32. The van der Waals surface area contributed by atoms with Crippen LogP contribution in [0.3, 0.4) is 0 Å². The Kier molecular flexibility index (Phi) is 5.45. The Bertz CT molecular complexity index is 448. The van der Waals surface area contributed by atoms with Crippen LogP contribution in [0.4, 0.5) is 5.69 Å². The summed E-state index contributed by atoms with van der Waals surface area (Å²) in [7, 11) is 0. The van der Waals surface area contributed by atoms with Gasteiger partial charge in [0.2, 0.25) is 5.91 Å². The number of hydrogen-bond donors (Lipinski definition) is 2. The Hall–Kier alpha value is -1.75. The second-order valence-electron chi connectivity index (χ2n) is 3.55. The molecule has 5 nitrogen and oxygen atoms in total. The van der Waals surface area contributed by atoms with E-state index in [-0.39, 0.29) is 17.2 Å². The van der Waals surface area contributed by atoms with E-state index in [9.17, 15) is 14.7 Å². The zero-order valence-electron chi connectivity index (χ0n) is 9.90. The summed E-state index contributed by atoms with van der Waals surface area (Å²) in [6.45, 7) is 2.17. The number of ether oxygens (including phenoxy) is 1. The molecule has 0 aliphatic heterocycles. The zero-order chi connectivity index (χ0) is 13.5. The number of esters is 1. The first-order valence-electron chi connectivity index (χ1n) is 5.44. The van der Waals surface area contributed by atoms with E-state index in [1.165, 1.54) is 18.2 Å². The van der Waals surface area contributed by atoms with E-state index in [0.717, 1.165) is 0 Å². The van der Waals surface area contributed by atoms with Crippen molar-refractivity contribution in [3.8, 4) is 5.75 Å². The van der Waals surface area contributed by atoms with Crippen LogP contribution >= 0.6 is 11.6 Å². The number of amides is 1.